The second kappa shape index (κ2) is 9.25. The summed E-state index contributed by atoms with van der Waals surface area (Å²) in [6.07, 6.45) is 5.54. The first-order valence-corrected chi connectivity index (χ1v) is 5.61. The van der Waals surface area contributed by atoms with Crippen molar-refractivity contribution in [2.24, 2.45) is 5.73 Å². The Kier molecular flexibility index (Phi) is 8.44. The van der Waals surface area contributed by atoms with Crippen LogP contribution in [0.15, 0.2) is 30.3 Å². The van der Waals surface area contributed by atoms with Crippen molar-refractivity contribution in [3.8, 4) is 0 Å². The number of hydrogen-bond acceptors (Lipinski definition) is 1. The molecule has 0 radical (unpaired) electrons. The van der Waals surface area contributed by atoms with E-state index in [0.29, 0.717) is 0 Å². The molecule has 0 aliphatic heterocycles. The van der Waals surface area contributed by atoms with E-state index < -0.39 is 0 Å². The maximum absolute atomic E-state index is 7.01. The zero-order valence-corrected chi connectivity index (χ0v) is 9.79. The number of benzene rings is 1. The summed E-state index contributed by atoms with van der Waals surface area (Å²) in [5, 5.41) is 7.01. The lowest BCUT2D eigenvalue weighted by molar-refractivity contribution is 0.702. The minimum atomic E-state index is 0.121. The van der Waals surface area contributed by atoms with Crippen molar-refractivity contribution in [2.45, 2.75) is 39.5 Å². The van der Waals surface area contributed by atoms with E-state index >= 15 is 0 Å². The van der Waals surface area contributed by atoms with Crippen LogP contribution in [0.2, 0.25) is 0 Å². The van der Waals surface area contributed by atoms with Gasteiger partial charge >= 0.3 is 0 Å². The third-order valence-corrected chi connectivity index (χ3v) is 2.04. The third kappa shape index (κ3) is 7.74. The van der Waals surface area contributed by atoms with Crippen molar-refractivity contribution in [2.75, 3.05) is 0 Å². The summed E-state index contributed by atoms with van der Waals surface area (Å²) in [5.74, 6) is 0.121. The minimum Gasteiger partial charge on any atom is -0.384 e. The van der Waals surface area contributed by atoms with Crippen LogP contribution in [-0.4, -0.2) is 5.84 Å². The van der Waals surface area contributed by atoms with Crippen molar-refractivity contribution >= 4 is 5.84 Å². The second-order valence-electron chi connectivity index (χ2n) is 3.49. The Balaban J connectivity index is 0.000000288. The molecular weight excluding hydrogens is 184 g/mol. The summed E-state index contributed by atoms with van der Waals surface area (Å²) >= 11 is 0. The fourth-order valence-corrected chi connectivity index (χ4v) is 1.12. The highest BCUT2D eigenvalue weighted by Crippen LogP contribution is 1.95. The molecule has 0 aliphatic rings. The number of nitrogens with one attached hydrogen (secondary N) is 1. The van der Waals surface area contributed by atoms with Gasteiger partial charge in [0, 0.05) is 5.56 Å². The van der Waals surface area contributed by atoms with Crippen molar-refractivity contribution in [1.82, 2.24) is 0 Å². The summed E-state index contributed by atoms with van der Waals surface area (Å²) in [6.45, 7) is 4.46. The number of nitrogen functional groups attached to an aromatic ring is 1. The summed E-state index contributed by atoms with van der Waals surface area (Å²) in [7, 11) is 0. The molecule has 1 aromatic carbocycles. The van der Waals surface area contributed by atoms with E-state index in [9.17, 15) is 0 Å². The first-order chi connectivity index (χ1) is 7.22. The molecule has 3 N–H and O–H groups in total. The Bertz CT molecular complexity index is 250. The van der Waals surface area contributed by atoms with Crippen LogP contribution >= 0.6 is 0 Å². The number of amidine groups is 1. The largest absolute Gasteiger partial charge is 0.384 e. The molecule has 2 nitrogen and oxygen atoms in total. The number of nitrogens with two attached hydrogens (primary N) is 1. The molecule has 0 amide bonds. The van der Waals surface area contributed by atoms with Gasteiger partial charge < -0.3 is 5.73 Å². The van der Waals surface area contributed by atoms with Crippen LogP contribution in [0.25, 0.3) is 0 Å². The molecule has 0 heterocycles. The zero-order valence-electron chi connectivity index (χ0n) is 9.79. The number of unbranched alkanes of at least 4 members (excludes halogenated alkanes) is 3. The van der Waals surface area contributed by atoms with Crippen LogP contribution in [0.5, 0.6) is 0 Å². The van der Waals surface area contributed by atoms with E-state index in [4.69, 9.17) is 11.1 Å². The van der Waals surface area contributed by atoms with Gasteiger partial charge in [0.15, 0.2) is 0 Å². The first kappa shape index (κ1) is 13.7. The summed E-state index contributed by atoms with van der Waals surface area (Å²) < 4.78 is 0. The normalized spacial score (nSPS) is 8.93. The highest BCUT2D eigenvalue weighted by Gasteiger charge is 1.89. The quantitative estimate of drug-likeness (QED) is 0.442. The first-order valence-electron chi connectivity index (χ1n) is 5.61. The maximum Gasteiger partial charge on any atom is 0.122 e. The molecule has 15 heavy (non-hydrogen) atoms. The fraction of sp³-hybridized carbons (Fsp3) is 0.462. The second-order valence-corrected chi connectivity index (χ2v) is 3.49. The van der Waals surface area contributed by atoms with Crippen LogP contribution in [0.4, 0.5) is 0 Å². The molecule has 2 heteroatoms. The van der Waals surface area contributed by atoms with E-state index in [1.165, 1.54) is 25.7 Å². The van der Waals surface area contributed by atoms with Crippen LogP contribution in [0.1, 0.15) is 45.1 Å². The van der Waals surface area contributed by atoms with Gasteiger partial charge in [0.05, 0.1) is 0 Å². The maximum atomic E-state index is 7.01. The molecule has 0 spiro atoms. The standard InChI is InChI=1S/C7H8N2.C6H14/c8-7(9)6-4-2-1-3-5-6;1-3-5-6-4-2/h1-5H,(H3,8,9);3-6H2,1-2H3. The molecule has 0 fully saturated rings. The van der Waals surface area contributed by atoms with Crippen LogP contribution in [-0.2, 0) is 0 Å². The van der Waals surface area contributed by atoms with Gasteiger partial charge in [0.1, 0.15) is 5.84 Å². The summed E-state index contributed by atoms with van der Waals surface area (Å²) in [5.41, 5.74) is 5.97. The number of hydrogen-bond donors (Lipinski definition) is 2. The molecule has 0 saturated heterocycles. The van der Waals surface area contributed by atoms with Gasteiger partial charge in [-0.25, -0.2) is 0 Å². The van der Waals surface area contributed by atoms with E-state index in [-0.39, 0.29) is 5.84 Å². The van der Waals surface area contributed by atoms with Gasteiger partial charge in [-0.3, -0.25) is 5.41 Å². The number of rotatable bonds is 4. The van der Waals surface area contributed by atoms with E-state index in [0.717, 1.165) is 5.56 Å². The van der Waals surface area contributed by atoms with Crippen LogP contribution < -0.4 is 5.73 Å². The average Bonchev–Trinajstić information content (AvgIpc) is 2.28. The van der Waals surface area contributed by atoms with E-state index in [1.807, 2.05) is 30.3 Å². The molecule has 0 bridgehead atoms. The molecule has 0 aliphatic carbocycles. The minimum absolute atomic E-state index is 0.121. The smallest absolute Gasteiger partial charge is 0.122 e. The summed E-state index contributed by atoms with van der Waals surface area (Å²) in [4.78, 5) is 0. The monoisotopic (exact) mass is 206 g/mol. The zero-order chi connectivity index (χ0) is 11.5. The lowest BCUT2D eigenvalue weighted by atomic mass is 10.2. The molecule has 0 saturated carbocycles. The average molecular weight is 206 g/mol. The molecule has 1 rings (SSSR count). The Labute approximate surface area is 93.0 Å². The fourth-order valence-electron chi connectivity index (χ4n) is 1.12. The third-order valence-electron chi connectivity index (χ3n) is 2.04. The molecule has 0 unspecified atom stereocenters. The van der Waals surface area contributed by atoms with Gasteiger partial charge in [-0.15, -0.1) is 0 Å². The Morgan fingerprint density at radius 2 is 1.53 bits per heavy atom. The Hall–Kier alpha value is -1.31. The molecule has 84 valence electrons. The topological polar surface area (TPSA) is 49.9 Å². The highest BCUT2D eigenvalue weighted by atomic mass is 14.7. The van der Waals surface area contributed by atoms with Gasteiger partial charge in [0.25, 0.3) is 0 Å². The van der Waals surface area contributed by atoms with Crippen LogP contribution in [0, 0.1) is 5.41 Å². The highest BCUT2D eigenvalue weighted by molar-refractivity contribution is 5.94. The lowest BCUT2D eigenvalue weighted by Gasteiger charge is -1.93. The predicted octanol–water partition coefficient (Wildman–Crippen LogP) is 3.56. The van der Waals surface area contributed by atoms with Crippen LogP contribution in [0.3, 0.4) is 0 Å². The van der Waals surface area contributed by atoms with E-state index in [2.05, 4.69) is 13.8 Å². The molecule has 0 aromatic heterocycles. The predicted molar refractivity (Wildman–Crippen MR) is 67.3 cm³/mol. The van der Waals surface area contributed by atoms with Gasteiger partial charge in [-0.2, -0.15) is 0 Å². The van der Waals surface area contributed by atoms with E-state index in [1.54, 1.807) is 0 Å². The van der Waals surface area contributed by atoms with Crippen molar-refractivity contribution < 1.29 is 0 Å². The Morgan fingerprint density at radius 3 is 1.80 bits per heavy atom. The molecular formula is C13H22N2. The molecule has 0 atom stereocenters. The van der Waals surface area contributed by atoms with Gasteiger partial charge in [0.2, 0.25) is 0 Å². The summed E-state index contributed by atoms with van der Waals surface area (Å²) in [6, 6.07) is 9.23. The lowest BCUT2D eigenvalue weighted by Crippen LogP contribution is -2.10. The van der Waals surface area contributed by atoms with Gasteiger partial charge in [-0.1, -0.05) is 69.9 Å². The Morgan fingerprint density at radius 1 is 1.07 bits per heavy atom. The van der Waals surface area contributed by atoms with Gasteiger partial charge in [-0.05, 0) is 0 Å². The van der Waals surface area contributed by atoms with Crippen molar-refractivity contribution in [3.05, 3.63) is 35.9 Å². The molecule has 1 aromatic rings. The SMILES string of the molecule is CCCCCC.N=C(N)c1ccccc1. The van der Waals surface area contributed by atoms with Crippen molar-refractivity contribution in [1.29, 1.82) is 5.41 Å². The van der Waals surface area contributed by atoms with Crippen molar-refractivity contribution in [3.63, 3.8) is 0 Å².